The topological polar surface area (TPSA) is 84.1 Å². The Labute approximate surface area is 144 Å². The zero-order valence-corrected chi connectivity index (χ0v) is 14.3. The molecule has 4 rings (SSSR count). The standard InChI is InChI=1S/C16H19N7S/c1-2-13-20-21-16(24-13)23-9-7-22(8-10-23)15-18-12-6-4-3-5-11(12)14(17)19-15/h3-6H,2,7-10H2,1H3,(H2,17,18,19). The van der Waals surface area contributed by atoms with Crippen LogP contribution in [0.3, 0.4) is 0 Å². The second-order valence-corrected chi connectivity index (χ2v) is 6.77. The maximum absolute atomic E-state index is 6.10. The number of para-hydroxylation sites is 1. The van der Waals surface area contributed by atoms with E-state index in [1.807, 2.05) is 24.3 Å². The summed E-state index contributed by atoms with van der Waals surface area (Å²) in [6, 6.07) is 7.85. The van der Waals surface area contributed by atoms with Crippen molar-refractivity contribution in [1.29, 1.82) is 0 Å². The van der Waals surface area contributed by atoms with Crippen molar-refractivity contribution in [2.45, 2.75) is 13.3 Å². The molecule has 0 bridgehead atoms. The lowest BCUT2D eigenvalue weighted by molar-refractivity contribution is 0.638. The van der Waals surface area contributed by atoms with Crippen LogP contribution in [0.25, 0.3) is 10.9 Å². The second-order valence-electron chi connectivity index (χ2n) is 5.73. The van der Waals surface area contributed by atoms with Crippen molar-refractivity contribution in [3.8, 4) is 0 Å². The van der Waals surface area contributed by atoms with Crippen molar-refractivity contribution in [2.75, 3.05) is 41.7 Å². The molecule has 0 radical (unpaired) electrons. The first kappa shape index (κ1) is 15.1. The number of aromatic nitrogens is 4. The fourth-order valence-electron chi connectivity index (χ4n) is 2.84. The summed E-state index contributed by atoms with van der Waals surface area (Å²) in [4.78, 5) is 13.6. The second kappa shape index (κ2) is 6.20. The molecular weight excluding hydrogens is 322 g/mol. The number of nitrogen functional groups attached to an aromatic ring is 1. The smallest absolute Gasteiger partial charge is 0.228 e. The SMILES string of the molecule is CCc1nnc(N2CCN(c3nc(N)c4ccccc4n3)CC2)s1. The van der Waals surface area contributed by atoms with Gasteiger partial charge in [-0.25, -0.2) is 4.98 Å². The van der Waals surface area contributed by atoms with Crippen LogP contribution >= 0.6 is 11.3 Å². The normalized spacial score (nSPS) is 15.2. The number of hydrogen-bond acceptors (Lipinski definition) is 8. The third-order valence-corrected chi connectivity index (χ3v) is 5.34. The highest BCUT2D eigenvalue weighted by atomic mass is 32.1. The molecule has 0 atom stereocenters. The van der Waals surface area contributed by atoms with Gasteiger partial charge in [-0.3, -0.25) is 0 Å². The molecule has 1 aliphatic rings. The zero-order chi connectivity index (χ0) is 16.5. The molecule has 2 aromatic heterocycles. The van der Waals surface area contributed by atoms with Crippen molar-refractivity contribution >= 4 is 39.1 Å². The monoisotopic (exact) mass is 341 g/mol. The molecule has 0 spiro atoms. The zero-order valence-electron chi connectivity index (χ0n) is 13.5. The molecule has 0 saturated carbocycles. The highest BCUT2D eigenvalue weighted by Gasteiger charge is 2.22. The predicted molar refractivity (Wildman–Crippen MR) is 97.7 cm³/mol. The molecule has 1 aromatic carbocycles. The van der Waals surface area contributed by atoms with Gasteiger partial charge in [-0.05, 0) is 18.6 Å². The van der Waals surface area contributed by atoms with E-state index in [-0.39, 0.29) is 0 Å². The van der Waals surface area contributed by atoms with E-state index >= 15 is 0 Å². The van der Waals surface area contributed by atoms with Gasteiger partial charge in [0.15, 0.2) is 0 Å². The average Bonchev–Trinajstić information content (AvgIpc) is 3.11. The van der Waals surface area contributed by atoms with E-state index < -0.39 is 0 Å². The number of aryl methyl sites for hydroxylation is 1. The van der Waals surface area contributed by atoms with Gasteiger partial charge in [-0.15, -0.1) is 10.2 Å². The first-order valence-electron chi connectivity index (χ1n) is 8.09. The summed E-state index contributed by atoms with van der Waals surface area (Å²) in [7, 11) is 0. The fraction of sp³-hybridized carbons (Fsp3) is 0.375. The molecule has 3 aromatic rings. The van der Waals surface area contributed by atoms with E-state index in [2.05, 4.69) is 36.9 Å². The minimum atomic E-state index is 0.537. The van der Waals surface area contributed by atoms with Crippen molar-refractivity contribution < 1.29 is 0 Å². The number of hydrogen-bond donors (Lipinski definition) is 1. The van der Waals surface area contributed by atoms with Gasteiger partial charge in [-0.1, -0.05) is 30.4 Å². The van der Waals surface area contributed by atoms with Crippen LogP contribution in [0.15, 0.2) is 24.3 Å². The number of anilines is 3. The molecule has 124 valence electrons. The number of rotatable bonds is 3. The highest BCUT2D eigenvalue weighted by molar-refractivity contribution is 7.15. The van der Waals surface area contributed by atoms with E-state index in [1.165, 1.54) is 0 Å². The van der Waals surface area contributed by atoms with Crippen LogP contribution in [-0.4, -0.2) is 46.3 Å². The maximum Gasteiger partial charge on any atom is 0.228 e. The van der Waals surface area contributed by atoms with Gasteiger partial charge in [0.1, 0.15) is 10.8 Å². The molecule has 0 unspecified atom stereocenters. The first-order valence-corrected chi connectivity index (χ1v) is 8.91. The number of nitrogens with two attached hydrogens (primary N) is 1. The Morgan fingerprint density at radius 2 is 1.79 bits per heavy atom. The molecule has 24 heavy (non-hydrogen) atoms. The summed E-state index contributed by atoms with van der Waals surface area (Å²) in [5.74, 6) is 1.24. The number of benzene rings is 1. The fourth-order valence-corrected chi connectivity index (χ4v) is 3.67. The van der Waals surface area contributed by atoms with E-state index in [0.29, 0.717) is 11.8 Å². The van der Waals surface area contributed by atoms with Crippen molar-refractivity contribution in [2.24, 2.45) is 0 Å². The maximum atomic E-state index is 6.10. The van der Waals surface area contributed by atoms with Crippen LogP contribution in [0.4, 0.5) is 16.9 Å². The molecular formula is C16H19N7S. The van der Waals surface area contributed by atoms with Crippen LogP contribution in [-0.2, 0) is 6.42 Å². The Balaban J connectivity index is 1.51. The summed E-state index contributed by atoms with van der Waals surface area (Å²) in [5.41, 5.74) is 6.98. The molecule has 3 heterocycles. The van der Waals surface area contributed by atoms with E-state index in [0.717, 1.165) is 53.6 Å². The van der Waals surface area contributed by atoms with Gasteiger partial charge < -0.3 is 15.5 Å². The van der Waals surface area contributed by atoms with Crippen LogP contribution in [0.2, 0.25) is 0 Å². The number of nitrogens with zero attached hydrogens (tertiary/aromatic N) is 6. The minimum absolute atomic E-state index is 0.537. The van der Waals surface area contributed by atoms with Crippen LogP contribution in [0.1, 0.15) is 11.9 Å². The van der Waals surface area contributed by atoms with E-state index in [4.69, 9.17) is 5.73 Å². The van der Waals surface area contributed by atoms with Gasteiger partial charge in [-0.2, -0.15) is 4.98 Å². The van der Waals surface area contributed by atoms with Crippen molar-refractivity contribution in [3.63, 3.8) is 0 Å². The average molecular weight is 341 g/mol. The highest BCUT2D eigenvalue weighted by Crippen LogP contribution is 2.25. The lowest BCUT2D eigenvalue weighted by Crippen LogP contribution is -2.47. The summed E-state index contributed by atoms with van der Waals surface area (Å²) < 4.78 is 0. The molecule has 8 heteroatoms. The van der Waals surface area contributed by atoms with E-state index in [9.17, 15) is 0 Å². The quantitative estimate of drug-likeness (QED) is 0.779. The van der Waals surface area contributed by atoms with E-state index in [1.54, 1.807) is 11.3 Å². The van der Waals surface area contributed by atoms with Crippen molar-refractivity contribution in [1.82, 2.24) is 20.2 Å². The Bertz CT molecular complexity index is 855. The molecule has 7 nitrogen and oxygen atoms in total. The van der Waals surface area contributed by atoms with Gasteiger partial charge in [0.05, 0.1) is 5.52 Å². The minimum Gasteiger partial charge on any atom is -0.383 e. The van der Waals surface area contributed by atoms with Gasteiger partial charge in [0.2, 0.25) is 11.1 Å². The molecule has 1 aliphatic heterocycles. The molecule has 1 saturated heterocycles. The molecule has 1 fully saturated rings. The first-order chi connectivity index (χ1) is 11.7. The van der Waals surface area contributed by atoms with Crippen LogP contribution < -0.4 is 15.5 Å². The molecule has 2 N–H and O–H groups in total. The lowest BCUT2D eigenvalue weighted by Gasteiger charge is -2.34. The number of fused-ring (bicyclic) bond motifs is 1. The molecule has 0 amide bonds. The third kappa shape index (κ3) is 2.73. The Morgan fingerprint density at radius 3 is 2.54 bits per heavy atom. The summed E-state index contributed by atoms with van der Waals surface area (Å²) >= 11 is 1.67. The number of piperazine rings is 1. The Kier molecular flexibility index (Phi) is 3.89. The predicted octanol–water partition coefficient (Wildman–Crippen LogP) is 1.95. The van der Waals surface area contributed by atoms with Crippen molar-refractivity contribution in [3.05, 3.63) is 29.3 Å². The van der Waals surface area contributed by atoms with Gasteiger partial charge in [0.25, 0.3) is 0 Å². The van der Waals surface area contributed by atoms with Crippen LogP contribution in [0, 0.1) is 0 Å². The van der Waals surface area contributed by atoms with Crippen LogP contribution in [0.5, 0.6) is 0 Å². The summed E-state index contributed by atoms with van der Waals surface area (Å²) in [6.45, 7) is 5.56. The largest absolute Gasteiger partial charge is 0.383 e. The van der Waals surface area contributed by atoms with Gasteiger partial charge >= 0.3 is 0 Å². The summed E-state index contributed by atoms with van der Waals surface area (Å²) in [6.07, 6.45) is 0.932. The Hall–Kier alpha value is -2.48. The molecule has 0 aliphatic carbocycles. The third-order valence-electron chi connectivity index (χ3n) is 4.21. The lowest BCUT2D eigenvalue weighted by atomic mass is 10.2. The van der Waals surface area contributed by atoms with Gasteiger partial charge in [0, 0.05) is 31.6 Å². The Morgan fingerprint density at radius 1 is 1.04 bits per heavy atom. The summed E-state index contributed by atoms with van der Waals surface area (Å²) in [5, 5.41) is 11.5.